The zero-order chi connectivity index (χ0) is 6.78. The van der Waals surface area contributed by atoms with Gasteiger partial charge in [-0.3, -0.25) is 0 Å². The second-order valence-corrected chi connectivity index (χ2v) is 1.93. The van der Waals surface area contributed by atoms with Crippen LogP contribution in [0.1, 0.15) is 13.8 Å². The molecule has 0 rings (SSSR count). The van der Waals surface area contributed by atoms with E-state index in [1.165, 1.54) is 21.0 Å². The average Bonchev–Trinajstić information content (AvgIpc) is 1.67. The second kappa shape index (κ2) is 2.44. The number of rotatable bonds is 2. The molecule has 0 aromatic heterocycles. The van der Waals surface area contributed by atoms with Crippen LogP contribution in [0.4, 0.5) is 0 Å². The van der Waals surface area contributed by atoms with Crippen molar-refractivity contribution < 1.29 is 14.9 Å². The molecule has 2 N–H and O–H groups in total. The van der Waals surface area contributed by atoms with Crippen molar-refractivity contribution >= 4 is 0 Å². The lowest BCUT2D eigenvalue weighted by molar-refractivity contribution is -0.224. The lowest BCUT2D eigenvalue weighted by atomic mass is 10.2. The Kier molecular flexibility index (Phi) is 2.40. The minimum absolute atomic E-state index is 0.854. The molecule has 0 aromatic rings. The molecule has 0 heterocycles. The van der Waals surface area contributed by atoms with Crippen LogP contribution in [0, 0.1) is 0 Å². The monoisotopic (exact) mass is 120 g/mol. The summed E-state index contributed by atoms with van der Waals surface area (Å²) < 4.78 is 4.50. The van der Waals surface area contributed by atoms with Crippen molar-refractivity contribution in [2.24, 2.45) is 0 Å². The van der Waals surface area contributed by atoms with Crippen molar-refractivity contribution in [2.45, 2.75) is 25.7 Å². The normalized spacial score (nSPS) is 22.1. The summed E-state index contributed by atoms with van der Waals surface area (Å²) >= 11 is 0. The van der Waals surface area contributed by atoms with Gasteiger partial charge < -0.3 is 14.9 Å². The van der Waals surface area contributed by atoms with Crippen LogP contribution in [0.15, 0.2) is 0 Å². The molecule has 0 amide bonds. The molecule has 0 saturated heterocycles. The van der Waals surface area contributed by atoms with E-state index in [2.05, 4.69) is 4.74 Å². The third-order valence-electron chi connectivity index (χ3n) is 1.19. The number of hydrogen-bond donors (Lipinski definition) is 2. The van der Waals surface area contributed by atoms with Gasteiger partial charge in [0.2, 0.25) is 0 Å². The molecule has 3 nitrogen and oxygen atoms in total. The molecule has 8 heavy (non-hydrogen) atoms. The number of aliphatic hydroxyl groups is 2. The first-order valence-corrected chi connectivity index (χ1v) is 2.46. The quantitative estimate of drug-likeness (QED) is 0.493. The SMILES string of the molecule is COC(C)(O)C(C)O. The molecule has 0 radical (unpaired) electrons. The smallest absolute Gasteiger partial charge is 0.188 e. The summed E-state index contributed by atoms with van der Waals surface area (Å²) in [5.74, 6) is -1.40. The summed E-state index contributed by atoms with van der Waals surface area (Å²) in [5.41, 5.74) is 0. The summed E-state index contributed by atoms with van der Waals surface area (Å²) in [6.45, 7) is 2.86. The Morgan fingerprint density at radius 2 is 2.00 bits per heavy atom. The number of methoxy groups -OCH3 is 1. The predicted octanol–water partition coefficient (Wildman–Crippen LogP) is -0.278. The first kappa shape index (κ1) is 7.88. The maximum Gasteiger partial charge on any atom is 0.188 e. The fourth-order valence-corrected chi connectivity index (χ4v) is 0.171. The third-order valence-corrected chi connectivity index (χ3v) is 1.19. The van der Waals surface area contributed by atoms with Gasteiger partial charge in [0.05, 0.1) is 0 Å². The van der Waals surface area contributed by atoms with Gasteiger partial charge in [0.25, 0.3) is 0 Å². The van der Waals surface area contributed by atoms with Gasteiger partial charge in [-0.05, 0) is 13.8 Å². The van der Waals surface area contributed by atoms with Gasteiger partial charge in [-0.2, -0.15) is 0 Å². The molecule has 0 fully saturated rings. The predicted molar refractivity (Wildman–Crippen MR) is 29.3 cm³/mol. The maximum atomic E-state index is 8.93. The summed E-state index contributed by atoms with van der Waals surface area (Å²) in [5, 5.41) is 17.6. The molecular weight excluding hydrogens is 108 g/mol. The zero-order valence-corrected chi connectivity index (χ0v) is 5.38. The highest BCUT2D eigenvalue weighted by atomic mass is 16.6. The van der Waals surface area contributed by atoms with Gasteiger partial charge in [0.1, 0.15) is 6.10 Å². The number of ether oxygens (including phenoxy) is 1. The Bertz CT molecular complexity index is 68.1. The van der Waals surface area contributed by atoms with Crippen molar-refractivity contribution in [3.8, 4) is 0 Å². The van der Waals surface area contributed by atoms with Gasteiger partial charge >= 0.3 is 0 Å². The van der Waals surface area contributed by atoms with E-state index in [1.54, 1.807) is 0 Å². The summed E-state index contributed by atoms with van der Waals surface area (Å²) in [4.78, 5) is 0. The van der Waals surface area contributed by atoms with Crippen molar-refractivity contribution in [3.05, 3.63) is 0 Å². The Morgan fingerprint density at radius 1 is 1.62 bits per heavy atom. The minimum Gasteiger partial charge on any atom is -0.388 e. The van der Waals surface area contributed by atoms with Crippen molar-refractivity contribution in [3.63, 3.8) is 0 Å². The van der Waals surface area contributed by atoms with Crippen molar-refractivity contribution in [2.75, 3.05) is 7.11 Å². The van der Waals surface area contributed by atoms with E-state index in [9.17, 15) is 0 Å². The van der Waals surface area contributed by atoms with Crippen molar-refractivity contribution in [1.29, 1.82) is 0 Å². The lowest BCUT2D eigenvalue weighted by Gasteiger charge is -2.23. The fraction of sp³-hybridized carbons (Fsp3) is 1.00. The first-order chi connectivity index (χ1) is 3.50. The van der Waals surface area contributed by atoms with Gasteiger partial charge in [-0.1, -0.05) is 0 Å². The van der Waals surface area contributed by atoms with Crippen LogP contribution in [-0.4, -0.2) is 29.2 Å². The Labute approximate surface area is 48.9 Å². The van der Waals surface area contributed by atoms with Gasteiger partial charge in [-0.15, -0.1) is 0 Å². The molecule has 0 aliphatic rings. The molecule has 50 valence electrons. The van der Waals surface area contributed by atoms with Crippen LogP contribution in [0.5, 0.6) is 0 Å². The Morgan fingerprint density at radius 3 is 2.00 bits per heavy atom. The van der Waals surface area contributed by atoms with E-state index in [0.29, 0.717) is 0 Å². The maximum absolute atomic E-state index is 8.93. The molecule has 0 aliphatic heterocycles. The standard InChI is InChI=1S/C5H12O3/c1-4(6)5(2,7)8-3/h4,6-7H,1-3H3. The first-order valence-electron chi connectivity index (χ1n) is 2.46. The van der Waals surface area contributed by atoms with E-state index >= 15 is 0 Å². The molecule has 0 spiro atoms. The van der Waals surface area contributed by atoms with E-state index in [-0.39, 0.29) is 0 Å². The highest BCUT2D eigenvalue weighted by Crippen LogP contribution is 2.08. The molecule has 0 aromatic carbocycles. The van der Waals surface area contributed by atoms with E-state index in [1.807, 2.05) is 0 Å². The van der Waals surface area contributed by atoms with Crippen LogP contribution >= 0.6 is 0 Å². The fourth-order valence-electron chi connectivity index (χ4n) is 0.171. The van der Waals surface area contributed by atoms with E-state index in [4.69, 9.17) is 10.2 Å². The highest BCUT2D eigenvalue weighted by molar-refractivity contribution is 4.64. The van der Waals surface area contributed by atoms with Gasteiger partial charge in [0, 0.05) is 7.11 Å². The molecule has 3 heteroatoms. The molecule has 0 aliphatic carbocycles. The summed E-state index contributed by atoms with van der Waals surface area (Å²) in [7, 11) is 1.34. The molecule has 0 saturated carbocycles. The number of aliphatic hydroxyl groups excluding tert-OH is 1. The van der Waals surface area contributed by atoms with Crippen LogP contribution in [0.2, 0.25) is 0 Å². The van der Waals surface area contributed by atoms with Crippen LogP contribution in [0.3, 0.4) is 0 Å². The van der Waals surface area contributed by atoms with Crippen LogP contribution in [0.25, 0.3) is 0 Å². The van der Waals surface area contributed by atoms with Crippen molar-refractivity contribution in [1.82, 2.24) is 0 Å². The lowest BCUT2D eigenvalue weighted by Crippen LogP contribution is -2.38. The third kappa shape index (κ3) is 1.78. The summed E-state index contributed by atoms with van der Waals surface area (Å²) in [6, 6.07) is 0. The topological polar surface area (TPSA) is 49.7 Å². The van der Waals surface area contributed by atoms with Crippen LogP contribution in [-0.2, 0) is 4.74 Å². The van der Waals surface area contributed by atoms with E-state index in [0.717, 1.165) is 0 Å². The zero-order valence-electron chi connectivity index (χ0n) is 5.38. The average molecular weight is 120 g/mol. The Balaban J connectivity index is 3.71. The largest absolute Gasteiger partial charge is 0.388 e. The number of hydrogen-bond acceptors (Lipinski definition) is 3. The Hall–Kier alpha value is -0.120. The molecule has 2 unspecified atom stereocenters. The highest BCUT2D eigenvalue weighted by Gasteiger charge is 2.25. The summed E-state index contributed by atoms with van der Waals surface area (Å²) in [6.07, 6.45) is -0.854. The minimum atomic E-state index is -1.40. The molecular formula is C5H12O3. The van der Waals surface area contributed by atoms with Gasteiger partial charge in [-0.25, -0.2) is 0 Å². The van der Waals surface area contributed by atoms with Crippen LogP contribution < -0.4 is 0 Å². The second-order valence-electron chi connectivity index (χ2n) is 1.93. The van der Waals surface area contributed by atoms with Gasteiger partial charge in [0.15, 0.2) is 5.79 Å². The van der Waals surface area contributed by atoms with E-state index < -0.39 is 11.9 Å². The molecule has 2 atom stereocenters. The molecule has 0 bridgehead atoms.